The first kappa shape index (κ1) is 22.9. The molecule has 170 valence electrons. The molecule has 0 spiro atoms. The first-order valence-corrected chi connectivity index (χ1v) is 12.1. The number of nitrogens with one attached hydrogen (secondary N) is 1. The number of nitrogens with zero attached hydrogens (tertiary/aromatic N) is 2. The third-order valence-electron chi connectivity index (χ3n) is 5.03. The van der Waals surface area contributed by atoms with E-state index in [2.05, 4.69) is 10.3 Å². The van der Waals surface area contributed by atoms with E-state index in [1.807, 2.05) is 60.0 Å². The first-order chi connectivity index (χ1) is 16.1. The summed E-state index contributed by atoms with van der Waals surface area (Å²) >= 11 is 2.61. The van der Waals surface area contributed by atoms with E-state index < -0.39 is 0 Å². The number of carbonyl (C=O) groups excluding carboxylic acids is 1. The number of para-hydroxylation sites is 1. The lowest BCUT2D eigenvalue weighted by Gasteiger charge is -2.14. The summed E-state index contributed by atoms with van der Waals surface area (Å²) in [6.45, 7) is 0.716. The van der Waals surface area contributed by atoms with E-state index in [1.54, 1.807) is 18.8 Å². The molecular weight excluding hydrogens is 458 g/mol. The number of aromatic nitrogens is 2. The molecule has 0 atom stereocenters. The van der Waals surface area contributed by atoms with Crippen LogP contribution in [0.2, 0.25) is 0 Å². The zero-order valence-corrected chi connectivity index (χ0v) is 19.9. The molecule has 0 unspecified atom stereocenters. The highest BCUT2D eigenvalue weighted by molar-refractivity contribution is 7.99. The van der Waals surface area contributed by atoms with Crippen molar-refractivity contribution in [3.05, 3.63) is 81.5 Å². The molecule has 1 N–H and O–H groups in total. The predicted molar refractivity (Wildman–Crippen MR) is 132 cm³/mol. The van der Waals surface area contributed by atoms with Gasteiger partial charge in [0.2, 0.25) is 5.91 Å². The van der Waals surface area contributed by atoms with Crippen molar-refractivity contribution in [2.45, 2.75) is 18.2 Å². The summed E-state index contributed by atoms with van der Waals surface area (Å²) in [4.78, 5) is 30.3. The number of thiophene rings is 1. The molecule has 0 aliphatic carbocycles. The van der Waals surface area contributed by atoms with Crippen LogP contribution in [0.3, 0.4) is 0 Å². The van der Waals surface area contributed by atoms with E-state index in [4.69, 9.17) is 9.47 Å². The zero-order chi connectivity index (χ0) is 23.2. The fraction of sp³-hybridized carbons (Fsp3) is 0.208. The van der Waals surface area contributed by atoms with Crippen LogP contribution in [0.4, 0.5) is 0 Å². The van der Waals surface area contributed by atoms with E-state index in [0.717, 1.165) is 16.9 Å². The van der Waals surface area contributed by atoms with Gasteiger partial charge in [0.15, 0.2) is 5.16 Å². The van der Waals surface area contributed by atoms with Crippen molar-refractivity contribution in [3.8, 4) is 11.5 Å². The Hall–Kier alpha value is -3.30. The molecule has 0 fully saturated rings. The molecule has 2 aromatic heterocycles. The fourth-order valence-electron chi connectivity index (χ4n) is 3.30. The van der Waals surface area contributed by atoms with Crippen LogP contribution in [-0.4, -0.2) is 35.4 Å². The lowest BCUT2D eigenvalue weighted by molar-refractivity contribution is -0.118. The van der Waals surface area contributed by atoms with Gasteiger partial charge in [0.1, 0.15) is 16.2 Å². The van der Waals surface area contributed by atoms with Gasteiger partial charge in [-0.05, 0) is 35.2 Å². The maximum absolute atomic E-state index is 13.2. The Kier molecular flexibility index (Phi) is 7.31. The van der Waals surface area contributed by atoms with E-state index in [9.17, 15) is 9.59 Å². The van der Waals surface area contributed by atoms with Crippen LogP contribution >= 0.6 is 23.1 Å². The Bertz CT molecular complexity index is 1320. The lowest BCUT2D eigenvalue weighted by Crippen LogP contribution is -2.26. The highest BCUT2D eigenvalue weighted by atomic mass is 32.2. The third-order valence-corrected chi connectivity index (χ3v) is 6.90. The normalized spacial score (nSPS) is 10.8. The molecule has 0 bridgehead atoms. The van der Waals surface area contributed by atoms with Crippen molar-refractivity contribution in [1.29, 1.82) is 0 Å². The quantitative estimate of drug-likeness (QED) is 0.288. The van der Waals surface area contributed by atoms with Gasteiger partial charge in [-0.2, -0.15) is 0 Å². The van der Waals surface area contributed by atoms with Crippen LogP contribution in [-0.2, 0) is 17.9 Å². The van der Waals surface area contributed by atoms with Gasteiger partial charge in [0.25, 0.3) is 5.56 Å². The molecular formula is C24H23N3O4S2. The number of thioether (sulfide) groups is 1. The Balaban J connectivity index is 1.50. The number of amides is 1. The minimum atomic E-state index is -0.140. The van der Waals surface area contributed by atoms with Crippen LogP contribution in [0.25, 0.3) is 10.2 Å². The van der Waals surface area contributed by atoms with Gasteiger partial charge in [0, 0.05) is 12.1 Å². The summed E-state index contributed by atoms with van der Waals surface area (Å²) < 4.78 is 12.8. The van der Waals surface area contributed by atoms with Crippen LogP contribution in [0.15, 0.2) is 69.9 Å². The van der Waals surface area contributed by atoms with Crippen molar-refractivity contribution >= 4 is 39.2 Å². The van der Waals surface area contributed by atoms with Crippen LogP contribution in [0.1, 0.15) is 11.1 Å². The smallest absolute Gasteiger partial charge is 0.272 e. The molecule has 33 heavy (non-hydrogen) atoms. The molecule has 0 aliphatic heterocycles. The van der Waals surface area contributed by atoms with E-state index in [1.165, 1.54) is 23.1 Å². The molecule has 4 aromatic rings. The molecule has 4 rings (SSSR count). The van der Waals surface area contributed by atoms with Crippen molar-refractivity contribution in [2.75, 3.05) is 20.0 Å². The second-order valence-electron chi connectivity index (χ2n) is 7.15. The van der Waals surface area contributed by atoms with Crippen LogP contribution in [0.5, 0.6) is 11.5 Å². The summed E-state index contributed by atoms with van der Waals surface area (Å²) in [5.74, 6) is 1.47. The number of fused-ring (bicyclic) bond motifs is 1. The Morgan fingerprint density at radius 2 is 1.88 bits per heavy atom. The highest BCUT2D eigenvalue weighted by Crippen LogP contribution is 2.24. The second-order valence-corrected chi connectivity index (χ2v) is 9.00. The van der Waals surface area contributed by atoms with E-state index >= 15 is 0 Å². The average molecular weight is 482 g/mol. The highest BCUT2D eigenvalue weighted by Gasteiger charge is 2.16. The fourth-order valence-corrected chi connectivity index (χ4v) is 4.91. The van der Waals surface area contributed by atoms with Crippen molar-refractivity contribution in [1.82, 2.24) is 14.9 Å². The number of rotatable bonds is 9. The topological polar surface area (TPSA) is 82.5 Å². The monoisotopic (exact) mass is 481 g/mol. The summed E-state index contributed by atoms with van der Waals surface area (Å²) in [6, 6.07) is 16.9. The molecule has 0 saturated carbocycles. The summed E-state index contributed by atoms with van der Waals surface area (Å²) in [5.41, 5.74) is 2.36. The predicted octanol–water partition coefficient (Wildman–Crippen LogP) is 3.93. The number of hydrogen-bond donors (Lipinski definition) is 1. The van der Waals surface area contributed by atoms with Crippen molar-refractivity contribution in [3.63, 3.8) is 0 Å². The number of methoxy groups -OCH3 is 2. The van der Waals surface area contributed by atoms with Gasteiger partial charge in [0.05, 0.1) is 32.0 Å². The minimum absolute atomic E-state index is 0.123. The molecule has 7 nitrogen and oxygen atoms in total. The number of benzene rings is 2. The van der Waals surface area contributed by atoms with Crippen LogP contribution in [0, 0.1) is 0 Å². The number of ether oxygens (including phenoxy) is 2. The maximum Gasteiger partial charge on any atom is 0.272 e. The van der Waals surface area contributed by atoms with Gasteiger partial charge in [-0.3, -0.25) is 14.2 Å². The van der Waals surface area contributed by atoms with Crippen molar-refractivity contribution < 1.29 is 14.3 Å². The standard InChI is InChI=1S/C24H23N3O4S2/c1-30-18-9-7-16(8-10-18)13-25-21(28)15-33-24-26-19-11-12-32-22(19)23(29)27(24)14-17-5-3-4-6-20(17)31-2/h3-12H,13-15H2,1-2H3,(H,25,28). The Morgan fingerprint density at radius 1 is 1.09 bits per heavy atom. The molecule has 0 aliphatic rings. The van der Waals surface area contributed by atoms with Gasteiger partial charge in [-0.1, -0.05) is 42.1 Å². The van der Waals surface area contributed by atoms with Crippen molar-refractivity contribution in [2.24, 2.45) is 0 Å². The van der Waals surface area contributed by atoms with Gasteiger partial charge >= 0.3 is 0 Å². The van der Waals surface area contributed by atoms with E-state index in [-0.39, 0.29) is 17.2 Å². The zero-order valence-electron chi connectivity index (χ0n) is 18.2. The van der Waals surface area contributed by atoms with E-state index in [0.29, 0.717) is 34.2 Å². The Labute approximate surface area is 199 Å². The summed E-state index contributed by atoms with van der Waals surface area (Å²) in [5, 5.41) is 5.25. The molecule has 2 heterocycles. The number of hydrogen-bond acceptors (Lipinski definition) is 7. The number of carbonyl (C=O) groups is 1. The molecule has 0 saturated heterocycles. The second kappa shape index (κ2) is 10.5. The third kappa shape index (κ3) is 5.37. The average Bonchev–Trinajstić information content (AvgIpc) is 3.33. The molecule has 0 radical (unpaired) electrons. The van der Waals surface area contributed by atoms with Gasteiger partial charge < -0.3 is 14.8 Å². The van der Waals surface area contributed by atoms with Gasteiger partial charge in [-0.25, -0.2) is 4.98 Å². The molecule has 1 amide bonds. The SMILES string of the molecule is COc1ccc(CNC(=O)CSc2nc3ccsc3c(=O)n2Cc2ccccc2OC)cc1. The summed E-state index contributed by atoms with van der Waals surface area (Å²) in [6.07, 6.45) is 0. The van der Waals surface area contributed by atoms with Gasteiger partial charge in [-0.15, -0.1) is 11.3 Å². The largest absolute Gasteiger partial charge is 0.497 e. The summed E-state index contributed by atoms with van der Waals surface area (Å²) in [7, 11) is 3.22. The van der Waals surface area contributed by atoms with Crippen LogP contribution < -0.4 is 20.3 Å². The lowest BCUT2D eigenvalue weighted by atomic mass is 10.2. The minimum Gasteiger partial charge on any atom is -0.497 e. The maximum atomic E-state index is 13.2. The molecule has 2 aromatic carbocycles. The first-order valence-electron chi connectivity index (χ1n) is 10.2. The Morgan fingerprint density at radius 3 is 2.64 bits per heavy atom. The molecule has 9 heteroatoms.